The number of hydrogen-bond acceptors (Lipinski definition) is 12. The van der Waals surface area contributed by atoms with E-state index in [9.17, 15) is 14.4 Å². The van der Waals surface area contributed by atoms with Crippen LogP contribution in [0.1, 0.15) is 70.9 Å². The Bertz CT molecular complexity index is 1090. The second-order valence-corrected chi connectivity index (χ2v) is 14.8. The van der Waals surface area contributed by atoms with Gasteiger partial charge in [-0.2, -0.15) is 5.10 Å². The van der Waals surface area contributed by atoms with Crippen molar-refractivity contribution in [2.45, 2.75) is 76.7 Å². The van der Waals surface area contributed by atoms with E-state index in [0.29, 0.717) is 44.2 Å². The predicted molar refractivity (Wildman–Crippen MR) is 199 cm³/mol. The zero-order valence-electron chi connectivity index (χ0n) is 27.5. The molecule has 15 heteroatoms. The SMILES string of the molecule is CCCOC(=O)NCC/C=N\NC(=O)CCSSc1ccccn1.CCCOCC(=O)NCSSCCCCCCc1ccccn1. The van der Waals surface area contributed by atoms with E-state index in [1.807, 2.05) is 61.2 Å². The fourth-order valence-corrected chi connectivity index (χ4v) is 7.04. The molecular formula is C32H50N6O5S4. The van der Waals surface area contributed by atoms with Crippen LogP contribution in [0.3, 0.4) is 0 Å². The quantitative estimate of drug-likeness (QED) is 0.0323. The number of pyridine rings is 2. The Kier molecular flexibility index (Phi) is 29.1. The molecule has 0 saturated carbocycles. The molecule has 11 nitrogen and oxygen atoms in total. The van der Waals surface area contributed by atoms with Gasteiger partial charge in [0.05, 0.1) is 12.5 Å². The highest BCUT2D eigenvalue weighted by Gasteiger charge is 2.02. The van der Waals surface area contributed by atoms with Crippen molar-refractivity contribution in [1.82, 2.24) is 26.0 Å². The molecule has 0 atom stereocenters. The van der Waals surface area contributed by atoms with Crippen molar-refractivity contribution < 1.29 is 23.9 Å². The van der Waals surface area contributed by atoms with Crippen LogP contribution in [0, 0.1) is 0 Å². The number of hydrogen-bond donors (Lipinski definition) is 3. The first kappa shape index (κ1) is 42.6. The van der Waals surface area contributed by atoms with Gasteiger partial charge >= 0.3 is 6.09 Å². The van der Waals surface area contributed by atoms with Gasteiger partial charge in [0.15, 0.2) is 0 Å². The lowest BCUT2D eigenvalue weighted by molar-refractivity contribution is -0.125. The van der Waals surface area contributed by atoms with Gasteiger partial charge in [0.25, 0.3) is 0 Å². The Hall–Kier alpha value is -2.46. The molecule has 3 N–H and O–H groups in total. The zero-order valence-corrected chi connectivity index (χ0v) is 30.8. The third kappa shape index (κ3) is 28.3. The second-order valence-electron chi connectivity index (χ2n) is 9.74. The summed E-state index contributed by atoms with van der Waals surface area (Å²) in [6.07, 6.45) is 13.4. The van der Waals surface area contributed by atoms with Crippen LogP contribution < -0.4 is 16.1 Å². The maximum Gasteiger partial charge on any atom is 0.407 e. The molecule has 0 radical (unpaired) electrons. The number of amides is 3. The number of ether oxygens (including phenoxy) is 2. The molecule has 262 valence electrons. The molecule has 0 spiro atoms. The number of hydrazone groups is 1. The van der Waals surface area contributed by atoms with Crippen LogP contribution >= 0.6 is 43.2 Å². The zero-order chi connectivity index (χ0) is 34.0. The molecule has 2 aromatic heterocycles. The maximum atomic E-state index is 11.6. The second kappa shape index (κ2) is 32.1. The van der Waals surface area contributed by atoms with Crippen LogP contribution in [0.5, 0.6) is 0 Å². The number of carbonyl (C=O) groups excluding carboxylic acids is 3. The monoisotopic (exact) mass is 726 g/mol. The summed E-state index contributed by atoms with van der Waals surface area (Å²) in [5.74, 6) is 2.29. The number of alkyl carbamates (subject to hydrolysis) is 1. The topological polar surface area (TPSA) is 144 Å². The third-order valence-corrected chi connectivity index (χ3v) is 10.1. The molecule has 0 bridgehead atoms. The average molecular weight is 727 g/mol. The van der Waals surface area contributed by atoms with Gasteiger partial charge in [-0.25, -0.2) is 15.2 Å². The van der Waals surface area contributed by atoms with Crippen LogP contribution in [-0.2, 0) is 25.5 Å². The molecular weight excluding hydrogens is 677 g/mol. The summed E-state index contributed by atoms with van der Waals surface area (Å²) in [7, 11) is 6.64. The van der Waals surface area contributed by atoms with Crippen molar-refractivity contribution in [2.24, 2.45) is 5.10 Å². The number of carbonyl (C=O) groups is 3. The molecule has 0 unspecified atom stereocenters. The Morgan fingerprint density at radius 1 is 0.851 bits per heavy atom. The normalized spacial score (nSPS) is 10.6. The van der Waals surface area contributed by atoms with Crippen LogP contribution in [0.4, 0.5) is 4.79 Å². The van der Waals surface area contributed by atoms with Crippen molar-refractivity contribution in [2.75, 3.05) is 43.7 Å². The number of rotatable bonds is 25. The number of unbranched alkanes of at least 4 members (excludes halogenated alkanes) is 3. The van der Waals surface area contributed by atoms with Crippen LogP contribution in [0.25, 0.3) is 0 Å². The van der Waals surface area contributed by atoms with E-state index >= 15 is 0 Å². The van der Waals surface area contributed by atoms with E-state index in [0.717, 1.165) is 30.0 Å². The van der Waals surface area contributed by atoms with Crippen molar-refractivity contribution >= 4 is 67.3 Å². The number of aromatic nitrogens is 2. The number of aryl methyl sites for hydroxylation is 1. The fraction of sp³-hybridized carbons (Fsp3) is 0.562. The van der Waals surface area contributed by atoms with Crippen molar-refractivity contribution in [3.8, 4) is 0 Å². The highest BCUT2D eigenvalue weighted by Crippen LogP contribution is 2.29. The van der Waals surface area contributed by atoms with Gasteiger partial charge in [-0.15, -0.1) is 0 Å². The molecule has 3 amide bonds. The van der Waals surface area contributed by atoms with Gasteiger partial charge in [0.2, 0.25) is 11.8 Å². The predicted octanol–water partition coefficient (Wildman–Crippen LogP) is 6.91. The Morgan fingerprint density at radius 3 is 2.38 bits per heavy atom. The van der Waals surface area contributed by atoms with E-state index in [2.05, 4.69) is 37.2 Å². The summed E-state index contributed by atoms with van der Waals surface area (Å²) in [5.41, 5.74) is 3.64. The first-order valence-electron chi connectivity index (χ1n) is 15.9. The van der Waals surface area contributed by atoms with E-state index in [1.54, 1.807) is 44.8 Å². The van der Waals surface area contributed by atoms with Crippen molar-refractivity contribution in [3.05, 3.63) is 54.5 Å². The van der Waals surface area contributed by atoms with E-state index in [-0.39, 0.29) is 18.4 Å². The first-order valence-corrected chi connectivity index (χ1v) is 20.8. The molecule has 2 heterocycles. The van der Waals surface area contributed by atoms with Gasteiger partial charge in [-0.05, 0) is 67.2 Å². The molecule has 0 aliphatic rings. The fourth-order valence-electron chi connectivity index (χ4n) is 3.29. The molecule has 0 fully saturated rings. The molecule has 0 aliphatic heterocycles. The third-order valence-electron chi connectivity index (χ3n) is 5.59. The molecule has 47 heavy (non-hydrogen) atoms. The van der Waals surface area contributed by atoms with E-state index in [1.165, 1.54) is 31.4 Å². The minimum Gasteiger partial charge on any atom is -0.450 e. The highest BCUT2D eigenvalue weighted by atomic mass is 33.1. The Balaban J connectivity index is 0.000000470. The lowest BCUT2D eigenvalue weighted by Gasteiger charge is -2.05. The Labute approximate surface area is 295 Å². The first-order chi connectivity index (χ1) is 23.0. The number of nitrogens with zero attached hydrogens (tertiary/aromatic N) is 3. The molecule has 2 rings (SSSR count). The standard InChI is InChI=1S/C17H28N2O2S2.C15H22N4O3S2/c1-2-12-21-14-17(20)19-15-23-22-13-8-4-3-5-9-16-10-6-7-11-18-16;1-2-11-22-15(21)17-9-5-10-18-19-13(20)7-12-23-24-14-6-3-4-8-16-14/h6-7,10-11H,2-5,8-9,12-15H2,1H3,(H,19,20);3-4,6,8,10H,2,5,7,9,11-12H2,1H3,(H,17,21)(H,19,20)/b;18-10-. The number of nitrogens with one attached hydrogen (secondary N) is 3. The summed E-state index contributed by atoms with van der Waals surface area (Å²) in [5, 5.41) is 10.2. The largest absolute Gasteiger partial charge is 0.450 e. The lowest BCUT2D eigenvalue weighted by Crippen LogP contribution is -2.27. The van der Waals surface area contributed by atoms with E-state index < -0.39 is 6.09 Å². The van der Waals surface area contributed by atoms with E-state index in [4.69, 9.17) is 9.47 Å². The molecule has 0 aliphatic carbocycles. The highest BCUT2D eigenvalue weighted by molar-refractivity contribution is 8.77. The summed E-state index contributed by atoms with van der Waals surface area (Å²) >= 11 is 0. The van der Waals surface area contributed by atoms with Crippen molar-refractivity contribution in [1.29, 1.82) is 0 Å². The van der Waals surface area contributed by atoms with Crippen LogP contribution in [-0.4, -0.2) is 77.8 Å². The summed E-state index contributed by atoms with van der Waals surface area (Å²) < 4.78 is 10.0. The minimum atomic E-state index is -0.434. The summed E-state index contributed by atoms with van der Waals surface area (Å²) in [6, 6.07) is 11.8. The van der Waals surface area contributed by atoms with Crippen LogP contribution in [0.2, 0.25) is 0 Å². The van der Waals surface area contributed by atoms with Gasteiger partial charge < -0.3 is 20.1 Å². The van der Waals surface area contributed by atoms with Gasteiger partial charge in [0, 0.05) is 61.8 Å². The van der Waals surface area contributed by atoms with Crippen molar-refractivity contribution in [3.63, 3.8) is 0 Å². The van der Waals surface area contributed by atoms with Gasteiger partial charge in [-0.3, -0.25) is 14.6 Å². The van der Waals surface area contributed by atoms with Gasteiger partial charge in [-0.1, -0.05) is 71.2 Å². The summed E-state index contributed by atoms with van der Waals surface area (Å²) in [4.78, 5) is 42.6. The van der Waals surface area contributed by atoms with Gasteiger partial charge in [0.1, 0.15) is 11.6 Å². The molecule has 0 saturated heterocycles. The average Bonchev–Trinajstić information content (AvgIpc) is 3.09. The van der Waals surface area contributed by atoms with Crippen LogP contribution in [0.15, 0.2) is 58.9 Å². The Morgan fingerprint density at radius 2 is 1.64 bits per heavy atom. The lowest BCUT2D eigenvalue weighted by atomic mass is 10.1. The minimum absolute atomic E-state index is 0.0268. The maximum absolute atomic E-state index is 11.6. The molecule has 2 aromatic rings. The summed E-state index contributed by atoms with van der Waals surface area (Å²) in [6.45, 7) is 5.61. The molecule has 0 aromatic carbocycles. The smallest absolute Gasteiger partial charge is 0.407 e.